The van der Waals surface area contributed by atoms with Crippen LogP contribution in [0, 0.1) is 11.8 Å². The van der Waals surface area contributed by atoms with Gasteiger partial charge in [0.25, 0.3) is 0 Å². The van der Waals surface area contributed by atoms with Crippen LogP contribution in [0.25, 0.3) is 72.1 Å². The van der Waals surface area contributed by atoms with Crippen LogP contribution in [0.2, 0.25) is 0 Å². The standard InChI is InChI=1S/C48H46B2N4O4S4/c1-7-9-15-27-21-29-30(37-35(27)41-39(53(37)23-25(3)4)43-45(59-41)51-47(61-43)49-55-31-17-11-12-18-32(31)56-49)22-28(16-10-8-2)36-38(29)54(24-26(5)6)40-42(36)60-46-44(40)62-48(52-46)50-57-33-19-13-14-20-34(33)58-50/h11-14,17-22,25-26H,7-10,15-16,23-24H2,1-6H3. The molecule has 0 amide bonds. The van der Waals surface area contributed by atoms with E-state index >= 15 is 0 Å². The highest BCUT2D eigenvalue weighted by molar-refractivity contribution is 7.36. The predicted molar refractivity (Wildman–Crippen MR) is 265 cm³/mol. The molecule has 0 fully saturated rings. The maximum atomic E-state index is 6.30. The minimum atomic E-state index is -0.538. The topological polar surface area (TPSA) is 72.6 Å². The number of thiazole rings is 2. The Bertz CT molecular complexity index is 3130. The lowest BCUT2D eigenvalue weighted by atomic mass is 9.93. The van der Waals surface area contributed by atoms with Crippen LogP contribution < -0.4 is 28.4 Å². The van der Waals surface area contributed by atoms with Gasteiger partial charge in [0.1, 0.15) is 32.7 Å². The van der Waals surface area contributed by atoms with Gasteiger partial charge in [-0.05, 0) is 85.0 Å². The van der Waals surface area contributed by atoms with Gasteiger partial charge >= 0.3 is 14.2 Å². The second kappa shape index (κ2) is 14.9. The molecule has 14 heteroatoms. The summed E-state index contributed by atoms with van der Waals surface area (Å²) in [6, 6.07) is 21.0. The molecule has 6 aromatic heterocycles. The Balaban J connectivity index is 1.14. The number of aromatic nitrogens is 4. The van der Waals surface area contributed by atoms with E-state index in [1.165, 1.54) is 73.5 Å². The fraction of sp³-hybridized carbons (Fsp3) is 0.333. The Labute approximate surface area is 376 Å². The van der Waals surface area contributed by atoms with Crippen molar-refractivity contribution in [3.05, 3.63) is 71.8 Å². The van der Waals surface area contributed by atoms with E-state index < -0.39 is 14.2 Å². The Morgan fingerprint density at radius 1 is 0.532 bits per heavy atom. The quantitative estimate of drug-likeness (QED) is 0.114. The molecule has 0 atom stereocenters. The van der Waals surface area contributed by atoms with Crippen LogP contribution in [0.4, 0.5) is 0 Å². The van der Waals surface area contributed by atoms with Gasteiger partial charge in [0, 0.05) is 34.6 Å². The summed E-state index contributed by atoms with van der Waals surface area (Å²) in [6.45, 7) is 15.8. The summed E-state index contributed by atoms with van der Waals surface area (Å²) in [5, 5.41) is 5.55. The highest BCUT2D eigenvalue weighted by Gasteiger charge is 2.40. The zero-order valence-electron chi connectivity index (χ0n) is 35.8. The molecule has 0 aliphatic carbocycles. The monoisotopic (exact) mass is 892 g/mol. The molecule has 12 rings (SSSR count). The number of rotatable bonds is 12. The van der Waals surface area contributed by atoms with E-state index in [1.54, 1.807) is 22.7 Å². The van der Waals surface area contributed by atoms with E-state index in [2.05, 4.69) is 62.8 Å². The average molecular weight is 893 g/mol. The largest absolute Gasteiger partial charge is 0.663 e. The molecule has 8 heterocycles. The number of para-hydroxylation sites is 4. The number of nitrogens with zero attached hydrogens (tertiary/aromatic N) is 4. The van der Waals surface area contributed by atoms with Gasteiger partial charge < -0.3 is 27.8 Å². The van der Waals surface area contributed by atoms with Crippen molar-refractivity contribution >= 4 is 141 Å². The Morgan fingerprint density at radius 2 is 0.919 bits per heavy atom. The molecule has 2 aliphatic heterocycles. The SMILES string of the molecule is CCCCc1cc2c(cc(CCCC)c3c4sc5nc(B6Oc7ccccc7O6)sc5c4n(CC(C)C)c23)c2c1c1sc3nc(B4Oc5ccccc5O4)sc3c1n2CC(C)C. The normalized spacial score (nSPS) is 13.9. The van der Waals surface area contributed by atoms with Crippen LogP contribution in [-0.2, 0) is 25.9 Å². The van der Waals surface area contributed by atoms with E-state index in [4.69, 9.17) is 28.6 Å². The Kier molecular flexibility index (Phi) is 9.36. The highest BCUT2D eigenvalue weighted by Crippen LogP contribution is 2.51. The maximum absolute atomic E-state index is 6.30. The number of hydrogen-bond acceptors (Lipinski definition) is 10. The molecule has 10 aromatic rings. The third kappa shape index (κ3) is 5.95. The maximum Gasteiger partial charge on any atom is 0.663 e. The van der Waals surface area contributed by atoms with E-state index in [0.717, 1.165) is 94.1 Å². The zero-order chi connectivity index (χ0) is 42.0. The van der Waals surface area contributed by atoms with E-state index in [1.807, 2.05) is 71.2 Å². The molecule has 62 heavy (non-hydrogen) atoms. The van der Waals surface area contributed by atoms with Gasteiger partial charge in [0.05, 0.1) is 40.9 Å². The first-order chi connectivity index (χ1) is 30.3. The second-order valence-corrected chi connectivity index (χ2v) is 21.9. The number of hydrogen-bond donors (Lipinski definition) is 0. The van der Waals surface area contributed by atoms with Crippen molar-refractivity contribution in [2.45, 2.75) is 93.2 Å². The first kappa shape index (κ1) is 38.9. The second-order valence-electron chi connectivity index (χ2n) is 17.8. The molecule has 0 unspecified atom stereocenters. The van der Waals surface area contributed by atoms with Crippen LogP contribution in [-0.4, -0.2) is 33.3 Å². The van der Waals surface area contributed by atoms with Gasteiger partial charge in [-0.3, -0.25) is 0 Å². The number of thiophene rings is 2. The van der Waals surface area contributed by atoms with Gasteiger partial charge in [-0.25, -0.2) is 9.97 Å². The smallest absolute Gasteiger partial charge is 0.518 e. The number of fused-ring (bicyclic) bond motifs is 15. The lowest BCUT2D eigenvalue weighted by Gasteiger charge is -2.18. The Hall–Kier alpha value is -4.75. The van der Waals surface area contributed by atoms with Crippen LogP contribution in [0.5, 0.6) is 23.0 Å². The van der Waals surface area contributed by atoms with Crippen LogP contribution >= 0.6 is 45.3 Å². The summed E-state index contributed by atoms with van der Waals surface area (Å²) in [6.07, 6.45) is 6.60. The molecule has 0 N–H and O–H groups in total. The van der Waals surface area contributed by atoms with Gasteiger partial charge in [-0.15, -0.1) is 45.3 Å². The predicted octanol–water partition coefficient (Wildman–Crippen LogP) is 12.7. The number of unbranched alkanes of at least 4 members (excludes halogenated alkanes) is 2. The van der Waals surface area contributed by atoms with Crippen LogP contribution in [0.3, 0.4) is 0 Å². The lowest BCUT2D eigenvalue weighted by molar-refractivity contribution is 0.518. The summed E-state index contributed by atoms with van der Waals surface area (Å²) in [4.78, 5) is 14.3. The average Bonchev–Trinajstić information content (AvgIpc) is 4.12. The summed E-state index contributed by atoms with van der Waals surface area (Å²) in [5.41, 5.74) is 8.26. The molecular weight excluding hydrogens is 846 g/mol. The van der Waals surface area contributed by atoms with Gasteiger partial charge in [-0.1, -0.05) is 78.6 Å². The Morgan fingerprint density at radius 3 is 1.27 bits per heavy atom. The minimum absolute atomic E-state index is 0.439. The number of aryl methyl sites for hydroxylation is 2. The van der Waals surface area contributed by atoms with Gasteiger partial charge in [0.15, 0.2) is 9.81 Å². The third-order valence-electron chi connectivity index (χ3n) is 12.3. The molecule has 312 valence electrons. The first-order valence-electron chi connectivity index (χ1n) is 22.2. The van der Waals surface area contributed by atoms with Crippen molar-refractivity contribution < 1.29 is 18.6 Å². The van der Waals surface area contributed by atoms with E-state index in [9.17, 15) is 0 Å². The van der Waals surface area contributed by atoms with Gasteiger partial charge in [0.2, 0.25) is 0 Å². The van der Waals surface area contributed by atoms with E-state index in [-0.39, 0.29) is 0 Å². The summed E-state index contributed by atoms with van der Waals surface area (Å²) in [7, 11) is -1.08. The third-order valence-corrected chi connectivity index (χ3v) is 16.9. The van der Waals surface area contributed by atoms with Crippen molar-refractivity contribution in [3.8, 4) is 23.0 Å². The number of benzene rings is 4. The lowest BCUT2D eigenvalue weighted by Crippen LogP contribution is -2.38. The van der Waals surface area contributed by atoms with Crippen LogP contribution in [0.15, 0.2) is 60.7 Å². The minimum Gasteiger partial charge on any atom is -0.518 e. The summed E-state index contributed by atoms with van der Waals surface area (Å²) in [5.74, 6) is 3.97. The fourth-order valence-electron chi connectivity index (χ4n) is 9.74. The van der Waals surface area contributed by atoms with Crippen LogP contribution in [0.1, 0.15) is 78.4 Å². The molecule has 0 saturated carbocycles. The first-order valence-corrected chi connectivity index (χ1v) is 25.5. The van der Waals surface area contributed by atoms with Crippen molar-refractivity contribution in [2.75, 3.05) is 0 Å². The van der Waals surface area contributed by atoms with Crippen molar-refractivity contribution in [2.24, 2.45) is 11.8 Å². The molecule has 4 aromatic carbocycles. The van der Waals surface area contributed by atoms with Crippen molar-refractivity contribution in [1.82, 2.24) is 19.1 Å². The molecule has 0 saturated heterocycles. The van der Waals surface area contributed by atoms with Gasteiger partial charge in [-0.2, -0.15) is 0 Å². The van der Waals surface area contributed by atoms with Crippen molar-refractivity contribution in [3.63, 3.8) is 0 Å². The van der Waals surface area contributed by atoms with E-state index in [0.29, 0.717) is 11.8 Å². The molecule has 0 spiro atoms. The summed E-state index contributed by atoms with van der Waals surface area (Å²) < 4.78 is 35.7. The fourth-order valence-corrected chi connectivity index (χ4v) is 14.8. The molecule has 0 bridgehead atoms. The zero-order valence-corrected chi connectivity index (χ0v) is 39.1. The highest BCUT2D eigenvalue weighted by atomic mass is 32.1. The molecule has 0 radical (unpaired) electrons. The van der Waals surface area contributed by atoms with Crippen molar-refractivity contribution in [1.29, 1.82) is 0 Å². The molecule has 2 aliphatic rings. The molecule has 8 nitrogen and oxygen atoms in total. The molecular formula is C48H46B2N4O4S4. The summed E-state index contributed by atoms with van der Waals surface area (Å²) >= 11 is 7.15.